The molecular weight excluding hydrogens is 238 g/mol. The molecule has 1 aromatic carbocycles. The van der Waals surface area contributed by atoms with E-state index in [2.05, 4.69) is 13.8 Å². The molecule has 0 bridgehead atoms. The third-order valence-corrected chi connectivity index (χ3v) is 3.81. The molecule has 1 fully saturated rings. The van der Waals surface area contributed by atoms with Crippen LogP contribution in [-0.2, 0) is 5.54 Å². The summed E-state index contributed by atoms with van der Waals surface area (Å²) < 4.78 is 11.0. The minimum Gasteiger partial charge on any atom is -0.454 e. The van der Waals surface area contributed by atoms with Crippen molar-refractivity contribution in [2.24, 2.45) is 5.73 Å². The van der Waals surface area contributed by atoms with Crippen molar-refractivity contribution >= 4 is 11.6 Å². The van der Waals surface area contributed by atoms with Crippen LogP contribution >= 0.6 is 11.6 Å². The highest BCUT2D eigenvalue weighted by Gasteiger charge is 2.45. The van der Waals surface area contributed by atoms with Gasteiger partial charge in [-0.05, 0) is 24.3 Å². The fourth-order valence-corrected chi connectivity index (χ4v) is 2.87. The molecule has 3 rings (SSSR count). The van der Waals surface area contributed by atoms with E-state index in [1.54, 1.807) is 0 Å². The number of hydrogen-bond donors (Lipinski definition) is 1. The van der Waals surface area contributed by atoms with Crippen molar-refractivity contribution < 1.29 is 9.47 Å². The summed E-state index contributed by atoms with van der Waals surface area (Å²) in [6, 6.07) is 1.83. The fraction of sp³-hybridized carbons (Fsp3) is 0.538. The summed E-state index contributed by atoms with van der Waals surface area (Å²) in [5.74, 6) is 1.89. The average molecular weight is 254 g/mol. The van der Waals surface area contributed by atoms with Gasteiger partial charge in [0.05, 0.1) is 0 Å². The van der Waals surface area contributed by atoms with Gasteiger partial charge in [-0.15, -0.1) is 0 Å². The number of ether oxygens (including phenoxy) is 2. The first kappa shape index (κ1) is 11.2. The van der Waals surface area contributed by atoms with Crippen LogP contribution in [-0.4, -0.2) is 6.79 Å². The van der Waals surface area contributed by atoms with Gasteiger partial charge in [0.15, 0.2) is 11.5 Å². The second-order valence-electron chi connectivity index (χ2n) is 5.19. The molecule has 92 valence electrons. The van der Waals surface area contributed by atoms with Crippen molar-refractivity contribution in [1.29, 1.82) is 0 Å². The molecule has 0 saturated heterocycles. The Morgan fingerprint density at radius 1 is 1.35 bits per heavy atom. The van der Waals surface area contributed by atoms with E-state index in [1.165, 1.54) is 0 Å². The highest BCUT2D eigenvalue weighted by atomic mass is 35.5. The first-order chi connectivity index (χ1) is 8.03. The zero-order chi connectivity index (χ0) is 12.2. The maximum absolute atomic E-state index is 6.37. The fourth-order valence-electron chi connectivity index (χ4n) is 2.48. The molecule has 0 atom stereocenters. The number of fused-ring (bicyclic) bond motifs is 1. The van der Waals surface area contributed by atoms with E-state index in [0.717, 1.165) is 35.5 Å². The minimum absolute atomic E-state index is 0.252. The summed E-state index contributed by atoms with van der Waals surface area (Å²) >= 11 is 6.37. The van der Waals surface area contributed by atoms with Crippen LogP contribution < -0.4 is 15.2 Å². The van der Waals surface area contributed by atoms with Crippen LogP contribution in [0.5, 0.6) is 11.5 Å². The monoisotopic (exact) mass is 253 g/mol. The van der Waals surface area contributed by atoms with Gasteiger partial charge in [0.2, 0.25) is 6.79 Å². The maximum Gasteiger partial charge on any atom is 0.231 e. The summed E-state index contributed by atoms with van der Waals surface area (Å²) in [6.45, 7) is 4.53. The SMILES string of the molecule is CC(C)c1c2c(cc(Cl)c1C1(N)CC1)OCO2. The Bertz CT molecular complexity index is 481. The molecule has 2 N–H and O–H groups in total. The lowest BCUT2D eigenvalue weighted by Crippen LogP contribution is -2.22. The molecule has 4 heteroatoms. The lowest BCUT2D eigenvalue weighted by Gasteiger charge is -2.21. The zero-order valence-electron chi connectivity index (χ0n) is 10.0. The van der Waals surface area contributed by atoms with Gasteiger partial charge in [0.1, 0.15) is 0 Å². The number of rotatable bonds is 2. The van der Waals surface area contributed by atoms with E-state index in [4.69, 9.17) is 26.8 Å². The van der Waals surface area contributed by atoms with Crippen LogP contribution in [0.3, 0.4) is 0 Å². The summed E-state index contributed by atoms with van der Waals surface area (Å²) in [5, 5.41) is 0.706. The lowest BCUT2D eigenvalue weighted by molar-refractivity contribution is 0.173. The number of halogens is 1. The third kappa shape index (κ3) is 1.60. The Hall–Kier alpha value is -0.930. The van der Waals surface area contributed by atoms with Crippen LogP contribution in [0.25, 0.3) is 0 Å². The van der Waals surface area contributed by atoms with E-state index < -0.39 is 0 Å². The Morgan fingerprint density at radius 2 is 2.06 bits per heavy atom. The van der Waals surface area contributed by atoms with E-state index in [9.17, 15) is 0 Å². The molecule has 2 aliphatic rings. The van der Waals surface area contributed by atoms with Crippen LogP contribution in [0.1, 0.15) is 43.7 Å². The Morgan fingerprint density at radius 3 is 2.65 bits per heavy atom. The molecular formula is C13H16ClNO2. The molecule has 1 saturated carbocycles. The highest BCUT2D eigenvalue weighted by Crippen LogP contribution is 2.54. The predicted molar refractivity (Wildman–Crippen MR) is 66.8 cm³/mol. The first-order valence-corrected chi connectivity index (χ1v) is 6.32. The highest BCUT2D eigenvalue weighted by molar-refractivity contribution is 6.32. The number of hydrogen-bond acceptors (Lipinski definition) is 3. The van der Waals surface area contributed by atoms with Crippen molar-refractivity contribution in [3.05, 3.63) is 22.2 Å². The third-order valence-electron chi connectivity index (χ3n) is 3.52. The number of nitrogens with two attached hydrogens (primary N) is 1. The molecule has 0 unspecified atom stereocenters. The maximum atomic E-state index is 6.37. The lowest BCUT2D eigenvalue weighted by atomic mass is 9.90. The second kappa shape index (κ2) is 3.53. The Kier molecular flexibility index (Phi) is 2.32. The van der Waals surface area contributed by atoms with Crippen molar-refractivity contribution in [2.45, 2.75) is 38.1 Å². The van der Waals surface area contributed by atoms with Crippen molar-refractivity contribution in [3.8, 4) is 11.5 Å². The average Bonchev–Trinajstić information content (AvgIpc) is 2.83. The number of benzene rings is 1. The Labute approximate surface area is 106 Å². The Balaban J connectivity index is 2.26. The quantitative estimate of drug-likeness (QED) is 0.881. The molecule has 0 spiro atoms. The van der Waals surface area contributed by atoms with Gasteiger partial charge in [0, 0.05) is 22.2 Å². The molecule has 0 radical (unpaired) electrons. The van der Waals surface area contributed by atoms with Crippen molar-refractivity contribution in [3.63, 3.8) is 0 Å². The van der Waals surface area contributed by atoms with Crippen molar-refractivity contribution in [2.75, 3.05) is 6.79 Å². The topological polar surface area (TPSA) is 44.5 Å². The summed E-state index contributed by atoms with van der Waals surface area (Å²) in [6.07, 6.45) is 1.98. The van der Waals surface area contributed by atoms with Gasteiger partial charge in [-0.2, -0.15) is 0 Å². The molecule has 1 aliphatic carbocycles. The zero-order valence-corrected chi connectivity index (χ0v) is 10.8. The standard InChI is InChI=1S/C13H16ClNO2/c1-7(2)10-11(13(15)3-4-13)8(14)5-9-12(10)17-6-16-9/h5,7H,3-4,6,15H2,1-2H3. The van der Waals surface area contributed by atoms with Gasteiger partial charge in [0.25, 0.3) is 0 Å². The second-order valence-corrected chi connectivity index (χ2v) is 5.60. The van der Waals surface area contributed by atoms with Gasteiger partial charge in [-0.3, -0.25) is 0 Å². The molecule has 17 heavy (non-hydrogen) atoms. The van der Waals surface area contributed by atoms with Crippen LogP contribution in [0.4, 0.5) is 0 Å². The van der Waals surface area contributed by atoms with E-state index in [1.807, 2.05) is 6.07 Å². The summed E-state index contributed by atoms with van der Waals surface area (Å²) in [5.41, 5.74) is 8.24. The molecule has 1 heterocycles. The summed E-state index contributed by atoms with van der Waals surface area (Å²) in [7, 11) is 0. The summed E-state index contributed by atoms with van der Waals surface area (Å²) in [4.78, 5) is 0. The van der Waals surface area contributed by atoms with Crippen LogP contribution in [0, 0.1) is 0 Å². The van der Waals surface area contributed by atoms with Crippen LogP contribution in [0.15, 0.2) is 6.07 Å². The van der Waals surface area contributed by atoms with Crippen LogP contribution in [0.2, 0.25) is 5.02 Å². The smallest absolute Gasteiger partial charge is 0.231 e. The molecule has 0 aromatic heterocycles. The van der Waals surface area contributed by atoms with Crippen molar-refractivity contribution in [1.82, 2.24) is 0 Å². The molecule has 3 nitrogen and oxygen atoms in total. The van der Waals surface area contributed by atoms with E-state index in [-0.39, 0.29) is 12.3 Å². The normalized spacial score (nSPS) is 19.8. The van der Waals surface area contributed by atoms with Gasteiger partial charge < -0.3 is 15.2 Å². The predicted octanol–water partition coefficient (Wildman–Crippen LogP) is 3.14. The first-order valence-electron chi connectivity index (χ1n) is 5.94. The molecule has 1 aromatic rings. The molecule has 0 amide bonds. The van der Waals surface area contributed by atoms with Gasteiger partial charge in [-0.1, -0.05) is 25.4 Å². The minimum atomic E-state index is -0.252. The van der Waals surface area contributed by atoms with E-state index >= 15 is 0 Å². The largest absolute Gasteiger partial charge is 0.454 e. The van der Waals surface area contributed by atoms with E-state index in [0.29, 0.717) is 10.9 Å². The molecule has 1 aliphatic heterocycles. The van der Waals surface area contributed by atoms with Gasteiger partial charge >= 0.3 is 0 Å². The van der Waals surface area contributed by atoms with Gasteiger partial charge in [-0.25, -0.2) is 0 Å².